The number of benzene rings is 2. The third kappa shape index (κ3) is 2.57. The Morgan fingerprint density at radius 2 is 1.87 bits per heavy atom. The van der Waals surface area contributed by atoms with Crippen LogP contribution in [0.4, 0.5) is 5.69 Å². The van der Waals surface area contributed by atoms with Crippen LogP contribution < -0.4 is 11.1 Å². The van der Waals surface area contributed by atoms with Gasteiger partial charge in [-0.3, -0.25) is 9.59 Å². The maximum Gasteiger partial charge on any atom is 0.250 e. The van der Waals surface area contributed by atoms with Gasteiger partial charge in [-0.2, -0.15) is 0 Å². The molecule has 2 aromatic carbocycles. The molecule has 0 unspecified atom stereocenters. The molecule has 0 aliphatic heterocycles. The zero-order valence-corrected chi connectivity index (χ0v) is 12.9. The van der Waals surface area contributed by atoms with Crippen LogP contribution in [-0.2, 0) is 4.79 Å². The Kier molecular flexibility index (Phi) is 3.62. The monoisotopic (exact) mass is 307 g/mol. The fraction of sp³-hybridized carbons (Fsp3) is 0.111. The number of aromatic amines is 1. The van der Waals surface area contributed by atoms with Gasteiger partial charge in [0, 0.05) is 24.2 Å². The van der Waals surface area contributed by atoms with Crippen LogP contribution >= 0.6 is 0 Å². The molecule has 0 radical (unpaired) electrons. The SMILES string of the molecule is CC(=O)Nc1cccc(-c2ccc(C(N)=O)c3[nH]ccc23)c1C. The van der Waals surface area contributed by atoms with Crippen molar-refractivity contribution >= 4 is 28.4 Å². The summed E-state index contributed by atoms with van der Waals surface area (Å²) in [5.41, 5.74) is 10.3. The minimum absolute atomic E-state index is 0.110. The van der Waals surface area contributed by atoms with Gasteiger partial charge in [0.25, 0.3) is 5.91 Å². The number of hydrogen-bond donors (Lipinski definition) is 3. The van der Waals surface area contributed by atoms with Crippen LogP contribution in [0.5, 0.6) is 0 Å². The average molecular weight is 307 g/mol. The molecule has 0 aliphatic rings. The number of fused-ring (bicyclic) bond motifs is 1. The molecule has 0 fully saturated rings. The van der Waals surface area contributed by atoms with Crippen molar-refractivity contribution in [2.75, 3.05) is 5.32 Å². The van der Waals surface area contributed by atoms with E-state index in [1.54, 1.807) is 12.3 Å². The lowest BCUT2D eigenvalue weighted by Crippen LogP contribution is -2.11. The molecule has 3 aromatic rings. The van der Waals surface area contributed by atoms with Gasteiger partial charge in [0.15, 0.2) is 0 Å². The Bertz CT molecular complexity index is 925. The van der Waals surface area contributed by atoms with Crippen molar-refractivity contribution in [1.82, 2.24) is 4.98 Å². The highest BCUT2D eigenvalue weighted by Gasteiger charge is 2.14. The number of H-pyrrole nitrogens is 1. The Morgan fingerprint density at radius 3 is 2.57 bits per heavy atom. The Labute approximate surface area is 133 Å². The number of rotatable bonds is 3. The molecular formula is C18H17N3O2. The zero-order chi connectivity index (χ0) is 16.6. The van der Waals surface area contributed by atoms with E-state index in [0.29, 0.717) is 5.56 Å². The van der Waals surface area contributed by atoms with E-state index in [-0.39, 0.29) is 5.91 Å². The number of nitrogens with one attached hydrogen (secondary N) is 2. The van der Waals surface area contributed by atoms with Crippen molar-refractivity contribution in [3.63, 3.8) is 0 Å². The van der Waals surface area contributed by atoms with E-state index in [2.05, 4.69) is 10.3 Å². The Balaban J connectivity index is 2.22. The topological polar surface area (TPSA) is 88.0 Å². The lowest BCUT2D eigenvalue weighted by Gasteiger charge is -2.13. The molecule has 116 valence electrons. The smallest absolute Gasteiger partial charge is 0.250 e. The van der Waals surface area contributed by atoms with Crippen LogP contribution in [0, 0.1) is 6.92 Å². The van der Waals surface area contributed by atoms with E-state index in [9.17, 15) is 9.59 Å². The van der Waals surface area contributed by atoms with Crippen molar-refractivity contribution in [3.05, 3.63) is 53.7 Å². The molecule has 0 aliphatic carbocycles. The number of nitrogens with two attached hydrogens (primary N) is 1. The van der Waals surface area contributed by atoms with Crippen LogP contribution in [0.2, 0.25) is 0 Å². The molecule has 0 atom stereocenters. The molecule has 2 amide bonds. The van der Waals surface area contributed by atoms with Gasteiger partial charge in [-0.1, -0.05) is 18.2 Å². The highest BCUT2D eigenvalue weighted by atomic mass is 16.1. The van der Waals surface area contributed by atoms with Crippen molar-refractivity contribution in [2.45, 2.75) is 13.8 Å². The lowest BCUT2D eigenvalue weighted by atomic mass is 9.95. The second-order valence-corrected chi connectivity index (χ2v) is 5.45. The van der Waals surface area contributed by atoms with E-state index in [1.807, 2.05) is 37.3 Å². The summed E-state index contributed by atoms with van der Waals surface area (Å²) in [4.78, 5) is 26.0. The maximum atomic E-state index is 11.6. The van der Waals surface area contributed by atoms with E-state index < -0.39 is 5.91 Å². The number of aromatic nitrogens is 1. The molecular weight excluding hydrogens is 290 g/mol. The molecule has 0 saturated carbocycles. The average Bonchev–Trinajstić information content (AvgIpc) is 2.97. The van der Waals surface area contributed by atoms with Gasteiger partial charge in [0.2, 0.25) is 5.91 Å². The van der Waals surface area contributed by atoms with Gasteiger partial charge in [-0.05, 0) is 41.8 Å². The second kappa shape index (κ2) is 5.61. The van der Waals surface area contributed by atoms with Crippen LogP contribution in [0.15, 0.2) is 42.6 Å². The number of carbonyl (C=O) groups excluding carboxylic acids is 2. The van der Waals surface area contributed by atoms with E-state index in [1.165, 1.54) is 6.92 Å². The largest absolute Gasteiger partial charge is 0.366 e. The molecule has 5 heteroatoms. The summed E-state index contributed by atoms with van der Waals surface area (Å²) in [5.74, 6) is -0.575. The summed E-state index contributed by atoms with van der Waals surface area (Å²) < 4.78 is 0. The van der Waals surface area contributed by atoms with Crippen molar-refractivity contribution in [1.29, 1.82) is 0 Å². The normalized spacial score (nSPS) is 10.7. The Hall–Kier alpha value is -3.08. The molecule has 1 aromatic heterocycles. The summed E-state index contributed by atoms with van der Waals surface area (Å²) in [7, 11) is 0. The minimum Gasteiger partial charge on any atom is -0.366 e. The Morgan fingerprint density at radius 1 is 1.09 bits per heavy atom. The molecule has 0 saturated heterocycles. The molecule has 0 bridgehead atoms. The van der Waals surface area contributed by atoms with Crippen LogP contribution in [-0.4, -0.2) is 16.8 Å². The van der Waals surface area contributed by atoms with Crippen LogP contribution in [0.25, 0.3) is 22.0 Å². The predicted octanol–water partition coefficient (Wildman–Crippen LogP) is 3.20. The fourth-order valence-corrected chi connectivity index (χ4v) is 2.85. The summed E-state index contributed by atoms with van der Waals surface area (Å²) in [6.45, 7) is 3.44. The van der Waals surface area contributed by atoms with Crippen molar-refractivity contribution < 1.29 is 9.59 Å². The lowest BCUT2D eigenvalue weighted by molar-refractivity contribution is -0.114. The molecule has 5 nitrogen and oxygen atoms in total. The van der Waals surface area contributed by atoms with Gasteiger partial charge in [0.05, 0.1) is 11.1 Å². The van der Waals surface area contributed by atoms with Crippen LogP contribution in [0.1, 0.15) is 22.8 Å². The zero-order valence-electron chi connectivity index (χ0n) is 12.9. The number of primary amides is 1. The summed E-state index contributed by atoms with van der Waals surface area (Å²) >= 11 is 0. The van der Waals surface area contributed by atoms with Gasteiger partial charge in [-0.15, -0.1) is 0 Å². The van der Waals surface area contributed by atoms with Crippen molar-refractivity contribution in [2.24, 2.45) is 5.73 Å². The number of anilines is 1. The highest BCUT2D eigenvalue weighted by Crippen LogP contribution is 2.34. The molecule has 4 N–H and O–H groups in total. The number of amides is 2. The maximum absolute atomic E-state index is 11.6. The highest BCUT2D eigenvalue weighted by molar-refractivity contribution is 6.09. The summed E-state index contributed by atoms with van der Waals surface area (Å²) in [5, 5.41) is 3.75. The minimum atomic E-state index is -0.465. The molecule has 0 spiro atoms. The van der Waals surface area contributed by atoms with Gasteiger partial charge < -0.3 is 16.0 Å². The second-order valence-electron chi connectivity index (χ2n) is 5.45. The third-order valence-corrected chi connectivity index (χ3v) is 3.92. The summed E-state index contributed by atoms with van der Waals surface area (Å²) in [6.07, 6.45) is 1.79. The van der Waals surface area contributed by atoms with Crippen molar-refractivity contribution in [3.8, 4) is 11.1 Å². The first-order chi connectivity index (χ1) is 11.0. The molecule has 23 heavy (non-hydrogen) atoms. The first kappa shape index (κ1) is 14.8. The fourth-order valence-electron chi connectivity index (χ4n) is 2.85. The quantitative estimate of drug-likeness (QED) is 0.694. The van der Waals surface area contributed by atoms with Crippen LogP contribution in [0.3, 0.4) is 0 Å². The molecule has 3 rings (SSSR count). The number of hydrogen-bond acceptors (Lipinski definition) is 2. The van der Waals surface area contributed by atoms with Gasteiger partial charge >= 0.3 is 0 Å². The third-order valence-electron chi connectivity index (χ3n) is 3.92. The molecule has 1 heterocycles. The first-order valence-electron chi connectivity index (χ1n) is 7.26. The van der Waals surface area contributed by atoms with E-state index in [4.69, 9.17) is 5.73 Å². The van der Waals surface area contributed by atoms with E-state index in [0.717, 1.165) is 33.3 Å². The van der Waals surface area contributed by atoms with E-state index >= 15 is 0 Å². The standard InChI is InChI=1S/C18H17N3O2/c1-10-12(4-3-5-16(10)21-11(2)22)13-6-7-15(18(19)23)17-14(13)8-9-20-17/h3-9,20H,1-2H3,(H2,19,23)(H,21,22). The summed E-state index contributed by atoms with van der Waals surface area (Å²) in [6, 6.07) is 11.3. The van der Waals surface area contributed by atoms with Gasteiger partial charge in [-0.25, -0.2) is 0 Å². The number of carbonyl (C=O) groups is 2. The first-order valence-corrected chi connectivity index (χ1v) is 7.26. The predicted molar refractivity (Wildman–Crippen MR) is 91.3 cm³/mol. The van der Waals surface area contributed by atoms with Gasteiger partial charge in [0.1, 0.15) is 0 Å².